The topological polar surface area (TPSA) is 37.5 Å². The summed E-state index contributed by atoms with van der Waals surface area (Å²) in [6.07, 6.45) is 2.24. The van der Waals surface area contributed by atoms with Crippen LogP contribution in [0.2, 0.25) is 0 Å². The Balaban J connectivity index is 0.00000144. The van der Waals surface area contributed by atoms with E-state index in [2.05, 4.69) is 47.6 Å². The van der Waals surface area contributed by atoms with E-state index in [1.807, 2.05) is 12.1 Å². The molecule has 0 saturated heterocycles. The lowest BCUT2D eigenvalue weighted by Gasteiger charge is -2.15. The molecule has 1 atom stereocenters. The lowest BCUT2D eigenvalue weighted by atomic mass is 10.0. The molecule has 0 fully saturated rings. The van der Waals surface area contributed by atoms with Gasteiger partial charge in [0, 0.05) is 29.8 Å². The standard InChI is InChI=1S/C18H18N2O.ClH/c1-12(20-18-7-4-10-19-18)13-8-9-17-15(11-13)14-5-2-3-6-16(14)21-17;/h2-3,5-6,8-9,11-12H,4,7,10H2,1H3,(H,19,20);1H. The molecule has 1 aromatic heterocycles. The highest BCUT2D eigenvalue weighted by Crippen LogP contribution is 2.30. The highest BCUT2D eigenvalue weighted by atomic mass is 35.5. The van der Waals surface area contributed by atoms with Crippen LogP contribution >= 0.6 is 12.4 Å². The number of halogens is 1. The van der Waals surface area contributed by atoms with Crippen LogP contribution in [0.15, 0.2) is 51.9 Å². The molecule has 3 aromatic rings. The van der Waals surface area contributed by atoms with E-state index in [1.165, 1.54) is 22.8 Å². The minimum Gasteiger partial charge on any atom is -0.456 e. The van der Waals surface area contributed by atoms with Crippen molar-refractivity contribution >= 4 is 40.2 Å². The molecular formula is C18H19ClN2O. The number of fused-ring (bicyclic) bond motifs is 3. The fourth-order valence-corrected chi connectivity index (χ4v) is 3.00. The first-order valence-electron chi connectivity index (χ1n) is 7.52. The van der Waals surface area contributed by atoms with E-state index in [0.29, 0.717) is 0 Å². The highest BCUT2D eigenvalue weighted by Gasteiger charge is 2.13. The smallest absolute Gasteiger partial charge is 0.135 e. The summed E-state index contributed by atoms with van der Waals surface area (Å²) in [5.74, 6) is 1.14. The summed E-state index contributed by atoms with van der Waals surface area (Å²) < 4.78 is 5.88. The predicted octanol–water partition coefficient (Wildman–Crippen LogP) is 4.85. The molecule has 0 aliphatic carbocycles. The quantitative estimate of drug-likeness (QED) is 0.734. The average molecular weight is 315 g/mol. The molecule has 4 heteroatoms. The highest BCUT2D eigenvalue weighted by molar-refractivity contribution is 6.05. The van der Waals surface area contributed by atoms with Crippen LogP contribution in [0.3, 0.4) is 0 Å². The molecule has 1 N–H and O–H groups in total. The molecule has 0 saturated carbocycles. The molecule has 0 radical (unpaired) electrons. The van der Waals surface area contributed by atoms with Crippen molar-refractivity contribution in [3.8, 4) is 0 Å². The van der Waals surface area contributed by atoms with Crippen LogP contribution in [-0.4, -0.2) is 12.4 Å². The first-order valence-corrected chi connectivity index (χ1v) is 7.52. The Kier molecular flexibility index (Phi) is 4.08. The SMILES string of the molecule is CC(NC1=NCCC1)c1ccc2oc3ccccc3c2c1.Cl. The minimum atomic E-state index is 0. The lowest BCUT2D eigenvalue weighted by Crippen LogP contribution is -2.24. The van der Waals surface area contributed by atoms with Crippen LogP contribution in [0.5, 0.6) is 0 Å². The number of benzene rings is 2. The summed E-state index contributed by atoms with van der Waals surface area (Å²) in [6, 6.07) is 14.9. The Morgan fingerprint density at radius 2 is 1.91 bits per heavy atom. The fourth-order valence-electron chi connectivity index (χ4n) is 3.00. The minimum absolute atomic E-state index is 0. The molecule has 0 spiro atoms. The van der Waals surface area contributed by atoms with Gasteiger partial charge in [0.1, 0.15) is 11.2 Å². The third kappa shape index (κ3) is 2.57. The molecule has 3 nitrogen and oxygen atoms in total. The van der Waals surface area contributed by atoms with Gasteiger partial charge >= 0.3 is 0 Å². The average Bonchev–Trinajstić information content (AvgIpc) is 3.13. The second kappa shape index (κ2) is 6.01. The molecule has 1 unspecified atom stereocenters. The van der Waals surface area contributed by atoms with Crippen LogP contribution in [-0.2, 0) is 0 Å². The van der Waals surface area contributed by atoms with Crippen molar-refractivity contribution in [1.82, 2.24) is 5.32 Å². The van der Waals surface area contributed by atoms with Crippen LogP contribution in [0.25, 0.3) is 21.9 Å². The van der Waals surface area contributed by atoms with E-state index in [4.69, 9.17) is 4.42 Å². The summed E-state index contributed by atoms with van der Waals surface area (Å²) in [5, 5.41) is 5.89. The Bertz CT molecular complexity index is 837. The zero-order chi connectivity index (χ0) is 14.2. The summed E-state index contributed by atoms with van der Waals surface area (Å²) in [7, 11) is 0. The van der Waals surface area contributed by atoms with Crippen molar-refractivity contribution in [3.63, 3.8) is 0 Å². The Labute approximate surface area is 135 Å². The number of aliphatic imine (C=N–C) groups is 1. The largest absolute Gasteiger partial charge is 0.456 e. The number of hydrogen-bond acceptors (Lipinski definition) is 3. The predicted molar refractivity (Wildman–Crippen MR) is 94.1 cm³/mol. The summed E-state index contributed by atoms with van der Waals surface area (Å²) in [4.78, 5) is 4.49. The van der Waals surface area contributed by atoms with Gasteiger partial charge in [-0.3, -0.25) is 4.99 Å². The summed E-state index contributed by atoms with van der Waals surface area (Å²) in [5.41, 5.74) is 3.17. The number of hydrogen-bond donors (Lipinski definition) is 1. The number of furan rings is 1. The third-order valence-electron chi connectivity index (χ3n) is 4.16. The van der Waals surface area contributed by atoms with Crippen molar-refractivity contribution in [2.24, 2.45) is 4.99 Å². The lowest BCUT2D eigenvalue weighted by molar-refractivity contribution is 0.667. The first-order chi connectivity index (χ1) is 10.3. The maximum Gasteiger partial charge on any atom is 0.135 e. The number of amidine groups is 1. The van der Waals surface area contributed by atoms with E-state index >= 15 is 0 Å². The van der Waals surface area contributed by atoms with Crippen LogP contribution in [0, 0.1) is 0 Å². The summed E-state index contributed by atoms with van der Waals surface area (Å²) in [6.45, 7) is 3.14. The van der Waals surface area contributed by atoms with Crippen LogP contribution < -0.4 is 5.32 Å². The van der Waals surface area contributed by atoms with E-state index in [9.17, 15) is 0 Å². The normalized spacial score (nSPS) is 15.6. The van der Waals surface area contributed by atoms with E-state index in [1.54, 1.807) is 0 Å². The van der Waals surface area contributed by atoms with Crippen molar-refractivity contribution < 1.29 is 4.42 Å². The second-order valence-electron chi connectivity index (χ2n) is 5.65. The van der Waals surface area contributed by atoms with Gasteiger partial charge in [-0.25, -0.2) is 0 Å². The molecule has 0 bridgehead atoms. The molecule has 0 amide bonds. The van der Waals surface area contributed by atoms with Gasteiger partial charge in [0.05, 0.1) is 5.84 Å². The Morgan fingerprint density at radius 3 is 2.73 bits per heavy atom. The number of para-hydroxylation sites is 1. The number of nitrogens with one attached hydrogen (secondary N) is 1. The zero-order valence-electron chi connectivity index (χ0n) is 12.5. The summed E-state index contributed by atoms with van der Waals surface area (Å²) >= 11 is 0. The maximum absolute atomic E-state index is 5.88. The maximum atomic E-state index is 5.88. The molecule has 4 rings (SSSR count). The van der Waals surface area contributed by atoms with Gasteiger partial charge < -0.3 is 9.73 Å². The molecule has 114 valence electrons. The first kappa shape index (κ1) is 14.9. The zero-order valence-corrected chi connectivity index (χ0v) is 13.3. The van der Waals surface area contributed by atoms with Crippen LogP contribution in [0.4, 0.5) is 0 Å². The van der Waals surface area contributed by atoms with Crippen LogP contribution in [0.1, 0.15) is 31.4 Å². The van der Waals surface area contributed by atoms with Crippen molar-refractivity contribution in [3.05, 3.63) is 48.0 Å². The van der Waals surface area contributed by atoms with Gasteiger partial charge in [-0.15, -0.1) is 12.4 Å². The molecule has 2 aromatic carbocycles. The number of rotatable bonds is 2. The van der Waals surface area contributed by atoms with Gasteiger partial charge in [0.15, 0.2) is 0 Å². The molecule has 2 heterocycles. The van der Waals surface area contributed by atoms with Gasteiger partial charge in [0.2, 0.25) is 0 Å². The molecule has 22 heavy (non-hydrogen) atoms. The van der Waals surface area contributed by atoms with E-state index in [-0.39, 0.29) is 18.4 Å². The van der Waals surface area contributed by atoms with Gasteiger partial charge in [-0.05, 0) is 37.1 Å². The van der Waals surface area contributed by atoms with Crippen molar-refractivity contribution in [2.45, 2.75) is 25.8 Å². The molecule has 1 aliphatic heterocycles. The van der Waals surface area contributed by atoms with E-state index in [0.717, 1.165) is 30.0 Å². The van der Waals surface area contributed by atoms with Gasteiger partial charge in [0.25, 0.3) is 0 Å². The monoisotopic (exact) mass is 314 g/mol. The van der Waals surface area contributed by atoms with Gasteiger partial charge in [-0.2, -0.15) is 0 Å². The van der Waals surface area contributed by atoms with Gasteiger partial charge in [-0.1, -0.05) is 24.3 Å². The van der Waals surface area contributed by atoms with E-state index < -0.39 is 0 Å². The third-order valence-corrected chi connectivity index (χ3v) is 4.16. The van der Waals surface area contributed by atoms with Crippen molar-refractivity contribution in [2.75, 3.05) is 6.54 Å². The Morgan fingerprint density at radius 1 is 1.09 bits per heavy atom. The number of nitrogens with zero attached hydrogens (tertiary/aromatic N) is 1. The Hall–Kier alpha value is -2.00. The molecule has 1 aliphatic rings. The molecular weight excluding hydrogens is 296 g/mol. The second-order valence-corrected chi connectivity index (χ2v) is 5.65. The fraction of sp³-hybridized carbons (Fsp3) is 0.278. The van der Waals surface area contributed by atoms with Crippen molar-refractivity contribution in [1.29, 1.82) is 0 Å².